The first-order chi connectivity index (χ1) is 12.3. The third-order valence-corrected chi connectivity index (χ3v) is 7.08. The van der Waals surface area contributed by atoms with Gasteiger partial charge in [-0.15, -0.1) is 11.3 Å². The standard InChI is InChI=1S/C21H24N2OS2/c1-12-5-8-14(9-6-12)23-19(24)17-15-10-7-13(21(2,3)4)11-16(15)26-18(17)22-20(23)25/h5-6,8-9,13H,7,10-11H2,1-4H3,(H,22,25)/t13-/m0/s1. The van der Waals surface area contributed by atoms with Crippen LogP contribution in [-0.4, -0.2) is 9.55 Å². The maximum absolute atomic E-state index is 13.3. The smallest absolute Gasteiger partial charge is 0.267 e. The maximum atomic E-state index is 13.3. The summed E-state index contributed by atoms with van der Waals surface area (Å²) in [6.45, 7) is 8.98. The lowest BCUT2D eigenvalue weighted by Crippen LogP contribution is -2.27. The molecule has 0 saturated heterocycles. The summed E-state index contributed by atoms with van der Waals surface area (Å²) in [4.78, 5) is 18.9. The van der Waals surface area contributed by atoms with Gasteiger partial charge in [0.1, 0.15) is 4.83 Å². The van der Waals surface area contributed by atoms with Crippen LogP contribution < -0.4 is 5.56 Å². The highest BCUT2D eigenvalue weighted by Crippen LogP contribution is 2.42. The number of nitrogens with zero attached hydrogens (tertiary/aromatic N) is 1. The van der Waals surface area contributed by atoms with Crippen molar-refractivity contribution in [2.24, 2.45) is 11.3 Å². The predicted octanol–water partition coefficient (Wildman–Crippen LogP) is 5.57. The molecule has 4 rings (SSSR count). The normalized spacial score (nSPS) is 17.5. The van der Waals surface area contributed by atoms with Crippen molar-refractivity contribution in [3.05, 3.63) is 55.4 Å². The van der Waals surface area contributed by atoms with Crippen molar-refractivity contribution in [2.75, 3.05) is 0 Å². The number of fused-ring (bicyclic) bond motifs is 3. The molecule has 1 N–H and O–H groups in total. The summed E-state index contributed by atoms with van der Waals surface area (Å²) in [6, 6.07) is 7.94. The van der Waals surface area contributed by atoms with Crippen LogP contribution in [0.25, 0.3) is 15.9 Å². The van der Waals surface area contributed by atoms with Crippen molar-refractivity contribution in [1.82, 2.24) is 9.55 Å². The van der Waals surface area contributed by atoms with E-state index in [0.717, 1.165) is 35.2 Å². The van der Waals surface area contributed by atoms with Gasteiger partial charge in [-0.1, -0.05) is 38.5 Å². The molecule has 3 aromatic rings. The van der Waals surface area contributed by atoms with E-state index in [4.69, 9.17) is 12.2 Å². The second kappa shape index (κ2) is 6.17. The number of aromatic nitrogens is 2. The van der Waals surface area contributed by atoms with E-state index in [1.54, 1.807) is 15.9 Å². The van der Waals surface area contributed by atoms with Crippen LogP contribution in [-0.2, 0) is 12.8 Å². The molecule has 2 aromatic heterocycles. The molecule has 0 spiro atoms. The van der Waals surface area contributed by atoms with Crippen LogP contribution in [0.2, 0.25) is 0 Å². The van der Waals surface area contributed by atoms with Gasteiger partial charge < -0.3 is 4.98 Å². The fourth-order valence-electron chi connectivity index (χ4n) is 3.92. The molecule has 1 aliphatic carbocycles. The molecule has 3 nitrogen and oxygen atoms in total. The molecule has 0 aliphatic heterocycles. The topological polar surface area (TPSA) is 37.8 Å². The Labute approximate surface area is 162 Å². The van der Waals surface area contributed by atoms with Crippen molar-refractivity contribution in [3.8, 4) is 5.69 Å². The zero-order valence-electron chi connectivity index (χ0n) is 15.7. The number of aromatic amines is 1. The zero-order chi connectivity index (χ0) is 18.6. The third-order valence-electron chi connectivity index (χ3n) is 5.62. The van der Waals surface area contributed by atoms with E-state index in [1.807, 2.05) is 31.2 Å². The predicted molar refractivity (Wildman–Crippen MR) is 112 cm³/mol. The Morgan fingerprint density at radius 2 is 1.92 bits per heavy atom. The molecule has 1 atom stereocenters. The fourth-order valence-corrected chi connectivity index (χ4v) is 5.60. The number of rotatable bonds is 1. The molecule has 2 heterocycles. The number of hydrogen-bond acceptors (Lipinski definition) is 3. The minimum Gasteiger partial charge on any atom is -0.323 e. The van der Waals surface area contributed by atoms with Gasteiger partial charge in [-0.05, 0) is 67.4 Å². The van der Waals surface area contributed by atoms with Gasteiger partial charge in [0.2, 0.25) is 0 Å². The highest BCUT2D eigenvalue weighted by atomic mass is 32.1. The molecular weight excluding hydrogens is 360 g/mol. The number of benzene rings is 1. The molecule has 0 radical (unpaired) electrons. The molecule has 26 heavy (non-hydrogen) atoms. The lowest BCUT2D eigenvalue weighted by Gasteiger charge is -2.33. The van der Waals surface area contributed by atoms with E-state index >= 15 is 0 Å². The van der Waals surface area contributed by atoms with Gasteiger partial charge in [0.05, 0.1) is 11.1 Å². The number of H-pyrrole nitrogens is 1. The average Bonchev–Trinajstić information content (AvgIpc) is 2.93. The Hall–Kier alpha value is -1.72. The minimum absolute atomic E-state index is 0.0133. The second-order valence-electron chi connectivity index (χ2n) is 8.42. The molecule has 5 heteroatoms. The Morgan fingerprint density at radius 1 is 1.23 bits per heavy atom. The minimum atomic E-state index is 0.0133. The largest absolute Gasteiger partial charge is 0.323 e. The van der Waals surface area contributed by atoms with E-state index in [-0.39, 0.29) is 5.56 Å². The van der Waals surface area contributed by atoms with Crippen LogP contribution in [0.15, 0.2) is 29.1 Å². The van der Waals surface area contributed by atoms with E-state index in [1.165, 1.54) is 16.0 Å². The second-order valence-corrected chi connectivity index (χ2v) is 9.91. The van der Waals surface area contributed by atoms with Gasteiger partial charge in [0.15, 0.2) is 4.77 Å². The van der Waals surface area contributed by atoms with Crippen molar-refractivity contribution < 1.29 is 0 Å². The Balaban J connectivity index is 1.90. The van der Waals surface area contributed by atoms with Gasteiger partial charge in [0.25, 0.3) is 5.56 Å². The van der Waals surface area contributed by atoms with Crippen LogP contribution >= 0.6 is 23.6 Å². The maximum Gasteiger partial charge on any atom is 0.267 e. The Kier molecular flexibility index (Phi) is 4.20. The summed E-state index contributed by atoms with van der Waals surface area (Å²) >= 11 is 7.24. The van der Waals surface area contributed by atoms with E-state index < -0.39 is 0 Å². The molecular formula is C21H24N2OS2. The molecule has 0 fully saturated rings. The summed E-state index contributed by atoms with van der Waals surface area (Å²) in [7, 11) is 0. The summed E-state index contributed by atoms with van der Waals surface area (Å²) in [6.07, 6.45) is 3.18. The van der Waals surface area contributed by atoms with Crippen LogP contribution in [0.4, 0.5) is 0 Å². The van der Waals surface area contributed by atoms with Crippen LogP contribution in [0.5, 0.6) is 0 Å². The molecule has 136 valence electrons. The lowest BCUT2D eigenvalue weighted by molar-refractivity contribution is 0.218. The molecule has 0 unspecified atom stereocenters. The van der Waals surface area contributed by atoms with Crippen molar-refractivity contribution in [2.45, 2.75) is 47.0 Å². The van der Waals surface area contributed by atoms with E-state index in [0.29, 0.717) is 16.1 Å². The molecule has 0 amide bonds. The Morgan fingerprint density at radius 3 is 2.58 bits per heavy atom. The molecule has 0 bridgehead atoms. The summed E-state index contributed by atoms with van der Waals surface area (Å²) in [5.74, 6) is 0.658. The lowest BCUT2D eigenvalue weighted by atomic mass is 9.72. The fraction of sp³-hybridized carbons (Fsp3) is 0.429. The highest BCUT2D eigenvalue weighted by molar-refractivity contribution is 7.71. The van der Waals surface area contributed by atoms with Crippen LogP contribution in [0.3, 0.4) is 0 Å². The SMILES string of the molecule is Cc1ccc(-n2c(=S)[nH]c3sc4c(c3c2=O)CC[C@H](C(C)(C)C)C4)cc1. The van der Waals surface area contributed by atoms with Gasteiger partial charge in [0, 0.05) is 4.88 Å². The molecule has 1 aromatic carbocycles. The van der Waals surface area contributed by atoms with Gasteiger partial charge in [-0.3, -0.25) is 9.36 Å². The quantitative estimate of drug-likeness (QED) is 0.557. The van der Waals surface area contributed by atoms with E-state index in [9.17, 15) is 4.79 Å². The number of nitrogens with one attached hydrogen (secondary N) is 1. The summed E-state index contributed by atoms with van der Waals surface area (Å²) in [5, 5.41) is 0.839. The Bertz CT molecular complexity index is 1090. The van der Waals surface area contributed by atoms with Crippen molar-refractivity contribution in [1.29, 1.82) is 0 Å². The van der Waals surface area contributed by atoms with Crippen LogP contribution in [0, 0.1) is 23.0 Å². The first-order valence-corrected chi connectivity index (χ1v) is 10.3. The highest BCUT2D eigenvalue weighted by Gasteiger charge is 2.31. The number of thiophene rings is 1. The number of aryl methyl sites for hydroxylation is 2. The van der Waals surface area contributed by atoms with E-state index in [2.05, 4.69) is 25.8 Å². The van der Waals surface area contributed by atoms with Gasteiger partial charge in [-0.2, -0.15) is 0 Å². The summed E-state index contributed by atoms with van der Waals surface area (Å²) < 4.78 is 2.11. The third kappa shape index (κ3) is 2.87. The summed E-state index contributed by atoms with van der Waals surface area (Å²) in [5.41, 5.74) is 3.54. The molecule has 1 aliphatic rings. The number of hydrogen-bond donors (Lipinski definition) is 1. The first-order valence-electron chi connectivity index (χ1n) is 9.12. The van der Waals surface area contributed by atoms with Crippen molar-refractivity contribution >= 4 is 33.8 Å². The first kappa shape index (κ1) is 17.7. The van der Waals surface area contributed by atoms with Gasteiger partial charge >= 0.3 is 0 Å². The monoisotopic (exact) mass is 384 g/mol. The van der Waals surface area contributed by atoms with Gasteiger partial charge in [-0.25, -0.2) is 0 Å². The van der Waals surface area contributed by atoms with Crippen molar-refractivity contribution in [3.63, 3.8) is 0 Å². The van der Waals surface area contributed by atoms with Crippen LogP contribution in [0.1, 0.15) is 43.2 Å². The zero-order valence-corrected chi connectivity index (χ0v) is 17.3. The average molecular weight is 385 g/mol. The molecule has 0 saturated carbocycles.